The molecule has 186 valence electrons. The van der Waals surface area contributed by atoms with Crippen LogP contribution >= 0.6 is 0 Å². The number of anilines is 1. The Morgan fingerprint density at radius 1 is 0.861 bits per heavy atom. The Morgan fingerprint density at radius 3 is 2.17 bits per heavy atom. The highest BCUT2D eigenvalue weighted by atomic mass is 16.5. The normalized spacial score (nSPS) is 11.1. The molecule has 0 saturated carbocycles. The minimum absolute atomic E-state index is 0.101. The van der Waals surface area contributed by atoms with Gasteiger partial charge in [-0.2, -0.15) is 0 Å². The van der Waals surface area contributed by atoms with Crippen molar-refractivity contribution in [1.82, 2.24) is 10.3 Å². The molecule has 3 aromatic carbocycles. The second kappa shape index (κ2) is 10.6. The van der Waals surface area contributed by atoms with Crippen molar-refractivity contribution >= 4 is 22.6 Å². The molecule has 0 aliphatic heterocycles. The summed E-state index contributed by atoms with van der Waals surface area (Å²) in [7, 11) is 3.18. The minimum atomic E-state index is -0.273. The van der Waals surface area contributed by atoms with Gasteiger partial charge in [-0.05, 0) is 52.9 Å². The molecule has 0 atom stereocenters. The minimum Gasteiger partial charge on any atom is -0.493 e. The Kier molecular flexibility index (Phi) is 7.29. The Bertz CT molecular complexity index is 1340. The third-order valence-electron chi connectivity index (χ3n) is 5.82. The number of nitrogens with one attached hydrogen (secondary N) is 2. The Balaban J connectivity index is 1.37. The highest BCUT2D eigenvalue weighted by molar-refractivity contribution is 5.89. The van der Waals surface area contributed by atoms with Crippen molar-refractivity contribution in [2.45, 2.75) is 32.7 Å². The first-order valence-corrected chi connectivity index (χ1v) is 11.7. The summed E-state index contributed by atoms with van der Waals surface area (Å²) >= 11 is 0. The van der Waals surface area contributed by atoms with Crippen LogP contribution in [0.5, 0.6) is 23.0 Å². The lowest BCUT2D eigenvalue weighted by atomic mass is 9.87. The van der Waals surface area contributed by atoms with Crippen LogP contribution in [-0.4, -0.2) is 25.2 Å². The number of fused-ring (bicyclic) bond motifs is 1. The Hall–Kier alpha value is -4.26. The van der Waals surface area contributed by atoms with Gasteiger partial charge in [0, 0.05) is 29.9 Å². The summed E-state index contributed by atoms with van der Waals surface area (Å²) < 4.78 is 16.9. The van der Waals surface area contributed by atoms with Crippen LogP contribution in [0.2, 0.25) is 0 Å². The lowest BCUT2D eigenvalue weighted by Crippen LogP contribution is -2.28. The monoisotopic (exact) mass is 485 g/mol. The number of benzene rings is 3. The number of ether oxygens (including phenoxy) is 3. The van der Waals surface area contributed by atoms with Crippen molar-refractivity contribution < 1.29 is 19.0 Å². The van der Waals surface area contributed by atoms with Crippen LogP contribution in [0.1, 0.15) is 31.9 Å². The molecule has 0 radical (unpaired) electrons. The zero-order valence-electron chi connectivity index (χ0n) is 21.2. The van der Waals surface area contributed by atoms with Crippen molar-refractivity contribution in [2.75, 3.05) is 19.5 Å². The van der Waals surface area contributed by atoms with Crippen molar-refractivity contribution in [3.63, 3.8) is 0 Å². The molecule has 7 heteroatoms. The molecule has 7 nitrogen and oxygen atoms in total. The second-order valence-electron chi connectivity index (χ2n) is 9.41. The fourth-order valence-electron chi connectivity index (χ4n) is 3.75. The smallest absolute Gasteiger partial charge is 0.319 e. The molecule has 0 saturated heterocycles. The van der Waals surface area contributed by atoms with Crippen molar-refractivity contribution in [1.29, 1.82) is 0 Å². The highest BCUT2D eigenvalue weighted by Crippen LogP contribution is 2.37. The van der Waals surface area contributed by atoms with Crippen LogP contribution in [0, 0.1) is 0 Å². The van der Waals surface area contributed by atoms with Crippen LogP contribution in [-0.2, 0) is 12.0 Å². The number of pyridine rings is 1. The molecular weight excluding hydrogens is 454 g/mol. The second-order valence-corrected chi connectivity index (χ2v) is 9.41. The number of rotatable bonds is 7. The van der Waals surface area contributed by atoms with Gasteiger partial charge >= 0.3 is 6.03 Å². The van der Waals surface area contributed by atoms with Gasteiger partial charge in [-0.15, -0.1) is 0 Å². The summed E-state index contributed by atoms with van der Waals surface area (Å²) in [6, 6.07) is 20.6. The van der Waals surface area contributed by atoms with Gasteiger partial charge in [0.1, 0.15) is 11.5 Å². The number of carbonyl (C=O) groups excluding carboxylic acids is 1. The van der Waals surface area contributed by atoms with Gasteiger partial charge in [0.25, 0.3) is 0 Å². The fourth-order valence-corrected chi connectivity index (χ4v) is 3.75. The molecule has 0 spiro atoms. The van der Waals surface area contributed by atoms with E-state index >= 15 is 0 Å². The molecule has 2 N–H and O–H groups in total. The number of urea groups is 1. The topological polar surface area (TPSA) is 81.7 Å². The predicted molar refractivity (Wildman–Crippen MR) is 142 cm³/mol. The van der Waals surface area contributed by atoms with Crippen molar-refractivity contribution in [3.05, 3.63) is 84.1 Å². The van der Waals surface area contributed by atoms with Gasteiger partial charge in [-0.25, -0.2) is 4.79 Å². The van der Waals surface area contributed by atoms with E-state index in [2.05, 4.69) is 48.5 Å². The van der Waals surface area contributed by atoms with E-state index in [4.69, 9.17) is 14.2 Å². The third kappa shape index (κ3) is 5.86. The standard InChI is InChI=1S/C29H31N3O4/c1-29(2,3)20-8-6-19(7-9-20)18-31-28(33)32-21-10-12-22(13-11-21)36-25-14-15-30-24-17-27(35-5)26(34-4)16-23(24)25/h6-17H,18H2,1-5H3,(H2,31,32,33). The maximum atomic E-state index is 12.4. The fraction of sp³-hybridized carbons (Fsp3) is 0.241. The molecule has 4 rings (SSSR count). The van der Waals surface area contributed by atoms with Gasteiger partial charge in [0.15, 0.2) is 11.5 Å². The lowest BCUT2D eigenvalue weighted by Gasteiger charge is -2.19. The number of hydrogen-bond donors (Lipinski definition) is 2. The number of aromatic nitrogens is 1. The molecule has 0 fully saturated rings. The summed E-state index contributed by atoms with van der Waals surface area (Å²) in [5.41, 5.74) is 3.80. The Labute approximate surface area is 211 Å². The van der Waals surface area contributed by atoms with Crippen LogP contribution < -0.4 is 24.8 Å². The van der Waals surface area contributed by atoms with Crippen LogP contribution in [0.3, 0.4) is 0 Å². The molecular formula is C29H31N3O4. The molecule has 4 aromatic rings. The SMILES string of the molecule is COc1cc2nccc(Oc3ccc(NC(=O)NCc4ccc(C(C)(C)C)cc4)cc3)c2cc1OC. The van der Waals surface area contributed by atoms with Crippen molar-refractivity contribution in [2.24, 2.45) is 0 Å². The van der Waals surface area contributed by atoms with E-state index in [1.165, 1.54) is 5.56 Å². The van der Waals surface area contributed by atoms with E-state index in [1.54, 1.807) is 50.7 Å². The summed E-state index contributed by atoms with van der Waals surface area (Å²) in [4.78, 5) is 16.8. The van der Waals surface area contributed by atoms with Gasteiger partial charge in [-0.3, -0.25) is 4.98 Å². The van der Waals surface area contributed by atoms with Gasteiger partial charge in [0.2, 0.25) is 0 Å². The van der Waals surface area contributed by atoms with E-state index in [1.807, 2.05) is 24.3 Å². The quantitative estimate of drug-likeness (QED) is 0.306. The molecule has 0 unspecified atom stereocenters. The van der Waals surface area contributed by atoms with Crippen LogP contribution in [0.4, 0.5) is 10.5 Å². The van der Waals surface area contributed by atoms with E-state index in [0.29, 0.717) is 35.2 Å². The van der Waals surface area contributed by atoms with Gasteiger partial charge < -0.3 is 24.8 Å². The average Bonchev–Trinajstić information content (AvgIpc) is 2.87. The first kappa shape index (κ1) is 24.9. The van der Waals surface area contributed by atoms with Crippen LogP contribution in [0.15, 0.2) is 72.9 Å². The van der Waals surface area contributed by atoms with E-state index in [9.17, 15) is 4.79 Å². The highest BCUT2D eigenvalue weighted by Gasteiger charge is 2.13. The summed E-state index contributed by atoms with van der Waals surface area (Å²) in [6.07, 6.45) is 1.68. The maximum Gasteiger partial charge on any atom is 0.319 e. The molecule has 0 aliphatic carbocycles. The molecule has 2 amide bonds. The largest absolute Gasteiger partial charge is 0.493 e. The molecule has 1 heterocycles. The number of amides is 2. The van der Waals surface area contributed by atoms with Gasteiger partial charge in [0.05, 0.1) is 19.7 Å². The number of methoxy groups -OCH3 is 2. The van der Waals surface area contributed by atoms with Crippen LogP contribution in [0.25, 0.3) is 10.9 Å². The molecule has 1 aromatic heterocycles. The third-order valence-corrected chi connectivity index (χ3v) is 5.82. The average molecular weight is 486 g/mol. The maximum absolute atomic E-state index is 12.4. The van der Waals surface area contributed by atoms with E-state index < -0.39 is 0 Å². The van der Waals surface area contributed by atoms with E-state index in [0.717, 1.165) is 16.5 Å². The first-order valence-electron chi connectivity index (χ1n) is 11.7. The summed E-state index contributed by atoms with van der Waals surface area (Å²) in [5, 5.41) is 6.54. The molecule has 0 bridgehead atoms. The number of nitrogens with zero attached hydrogens (tertiary/aromatic N) is 1. The van der Waals surface area contributed by atoms with Crippen molar-refractivity contribution in [3.8, 4) is 23.0 Å². The summed E-state index contributed by atoms with van der Waals surface area (Å²) in [5.74, 6) is 2.46. The Morgan fingerprint density at radius 2 is 1.53 bits per heavy atom. The zero-order valence-corrected chi connectivity index (χ0v) is 21.2. The lowest BCUT2D eigenvalue weighted by molar-refractivity contribution is 0.251. The first-order chi connectivity index (χ1) is 17.3. The van der Waals surface area contributed by atoms with Gasteiger partial charge in [-0.1, -0.05) is 45.0 Å². The number of hydrogen-bond acceptors (Lipinski definition) is 5. The number of carbonyl (C=O) groups is 1. The molecule has 0 aliphatic rings. The van der Waals surface area contributed by atoms with E-state index in [-0.39, 0.29) is 11.4 Å². The zero-order chi connectivity index (χ0) is 25.7. The predicted octanol–water partition coefficient (Wildman–Crippen LogP) is 6.66. The molecule has 36 heavy (non-hydrogen) atoms. The summed E-state index contributed by atoms with van der Waals surface area (Å²) in [6.45, 7) is 6.98.